The smallest absolute Gasteiger partial charge is 0.0571 e. The van der Waals surface area contributed by atoms with Gasteiger partial charge in [-0.2, -0.15) is 0 Å². The van der Waals surface area contributed by atoms with Crippen LogP contribution in [-0.2, 0) is 0 Å². The summed E-state index contributed by atoms with van der Waals surface area (Å²) in [4.78, 5) is 0. The first-order valence-electron chi connectivity index (χ1n) is 5.48. The minimum absolute atomic E-state index is 0.0731. The normalized spacial score (nSPS) is 31.2. The summed E-state index contributed by atoms with van der Waals surface area (Å²) in [6.07, 6.45) is 6.59. The lowest BCUT2D eigenvalue weighted by Crippen LogP contribution is -2.24. The van der Waals surface area contributed by atoms with E-state index < -0.39 is 0 Å². The molecule has 1 aliphatic carbocycles. The van der Waals surface area contributed by atoms with E-state index in [0.717, 1.165) is 19.3 Å². The zero-order valence-corrected chi connectivity index (χ0v) is 9.09. The number of allylic oxidation sites excluding steroid dienone is 2. The fourth-order valence-electron chi connectivity index (χ4n) is 2.42. The summed E-state index contributed by atoms with van der Waals surface area (Å²) in [5.74, 6) is 1.17. The van der Waals surface area contributed by atoms with E-state index >= 15 is 0 Å². The molecule has 1 aliphatic rings. The van der Waals surface area contributed by atoms with Crippen LogP contribution in [0.25, 0.3) is 0 Å². The topological polar surface area (TPSA) is 20.2 Å². The van der Waals surface area contributed by atoms with Crippen molar-refractivity contribution in [1.29, 1.82) is 0 Å². The minimum atomic E-state index is -0.0731. The second-order valence-electron chi connectivity index (χ2n) is 4.55. The molecule has 0 radical (unpaired) electrons. The molecule has 1 nitrogen and oxygen atoms in total. The molecular weight excluding hydrogens is 160 g/mol. The molecule has 0 saturated heterocycles. The van der Waals surface area contributed by atoms with Gasteiger partial charge in [0.25, 0.3) is 0 Å². The Balaban J connectivity index is 2.49. The molecule has 0 fully saturated rings. The van der Waals surface area contributed by atoms with Gasteiger partial charge in [0.05, 0.1) is 6.10 Å². The van der Waals surface area contributed by atoms with Gasteiger partial charge < -0.3 is 5.11 Å². The molecule has 1 N–H and O–H groups in total. The number of aliphatic hydroxyl groups excluding tert-OH is 1. The van der Waals surface area contributed by atoms with Gasteiger partial charge >= 0.3 is 0 Å². The second kappa shape index (κ2) is 4.80. The van der Waals surface area contributed by atoms with Crippen molar-refractivity contribution in [2.45, 2.75) is 52.6 Å². The third-order valence-corrected chi connectivity index (χ3v) is 2.96. The third kappa shape index (κ3) is 3.15. The van der Waals surface area contributed by atoms with Crippen LogP contribution < -0.4 is 0 Å². The number of rotatable bonds is 3. The number of hydrogen-bond donors (Lipinski definition) is 1. The Morgan fingerprint density at radius 3 is 2.85 bits per heavy atom. The Kier molecular flexibility index (Phi) is 3.98. The van der Waals surface area contributed by atoms with Crippen LogP contribution in [0.4, 0.5) is 0 Å². The molecule has 76 valence electrons. The maximum absolute atomic E-state index is 9.88. The van der Waals surface area contributed by atoms with Crippen molar-refractivity contribution in [2.24, 2.45) is 11.8 Å². The highest BCUT2D eigenvalue weighted by atomic mass is 16.3. The summed E-state index contributed by atoms with van der Waals surface area (Å²) >= 11 is 0. The fraction of sp³-hybridized carbons (Fsp3) is 0.833. The van der Waals surface area contributed by atoms with Gasteiger partial charge in [0.15, 0.2) is 0 Å². The first-order valence-corrected chi connectivity index (χ1v) is 5.48. The van der Waals surface area contributed by atoms with Crippen LogP contribution in [0.1, 0.15) is 46.5 Å². The van der Waals surface area contributed by atoms with Crippen molar-refractivity contribution in [1.82, 2.24) is 0 Å². The van der Waals surface area contributed by atoms with Crippen LogP contribution in [0.2, 0.25) is 0 Å². The van der Waals surface area contributed by atoms with Crippen molar-refractivity contribution in [2.75, 3.05) is 0 Å². The van der Waals surface area contributed by atoms with Gasteiger partial charge in [0.2, 0.25) is 0 Å². The predicted molar refractivity (Wildman–Crippen MR) is 56.6 cm³/mol. The van der Waals surface area contributed by atoms with E-state index in [4.69, 9.17) is 0 Å². The molecule has 3 atom stereocenters. The van der Waals surface area contributed by atoms with Crippen molar-refractivity contribution in [3.8, 4) is 0 Å². The van der Waals surface area contributed by atoms with E-state index in [0.29, 0.717) is 11.8 Å². The molecule has 0 aliphatic heterocycles. The summed E-state index contributed by atoms with van der Waals surface area (Å²) < 4.78 is 0. The monoisotopic (exact) mass is 182 g/mol. The third-order valence-electron chi connectivity index (χ3n) is 2.96. The van der Waals surface area contributed by atoms with E-state index in [1.807, 2.05) is 0 Å². The molecular formula is C12H22O. The Hall–Kier alpha value is -0.300. The maximum Gasteiger partial charge on any atom is 0.0571 e. The van der Waals surface area contributed by atoms with E-state index in [-0.39, 0.29) is 6.10 Å². The summed E-state index contributed by atoms with van der Waals surface area (Å²) in [5, 5.41) is 9.88. The van der Waals surface area contributed by atoms with Crippen molar-refractivity contribution < 1.29 is 5.11 Å². The highest BCUT2D eigenvalue weighted by molar-refractivity contribution is 5.06. The standard InChI is InChI=1S/C12H22O/c1-4-5-12(13)11-7-9(2)6-10(3)8-11/h6,9,11-13H,4-5,7-8H2,1-3H3. The average Bonchev–Trinajstić information content (AvgIpc) is 2.03. The zero-order chi connectivity index (χ0) is 9.84. The lowest BCUT2D eigenvalue weighted by Gasteiger charge is -2.29. The first kappa shape index (κ1) is 10.8. The summed E-state index contributed by atoms with van der Waals surface area (Å²) in [7, 11) is 0. The van der Waals surface area contributed by atoms with E-state index in [1.165, 1.54) is 12.0 Å². The average molecular weight is 182 g/mol. The molecule has 1 heteroatoms. The lowest BCUT2D eigenvalue weighted by atomic mass is 9.79. The first-order chi connectivity index (χ1) is 6.13. The molecule has 0 spiro atoms. The summed E-state index contributed by atoms with van der Waals surface area (Å²) in [6, 6.07) is 0. The molecule has 0 aromatic heterocycles. The molecule has 0 heterocycles. The Morgan fingerprint density at radius 1 is 1.62 bits per heavy atom. The van der Waals surface area contributed by atoms with Crippen LogP contribution >= 0.6 is 0 Å². The molecule has 13 heavy (non-hydrogen) atoms. The molecule has 3 unspecified atom stereocenters. The van der Waals surface area contributed by atoms with Crippen LogP contribution in [0, 0.1) is 11.8 Å². The fourth-order valence-corrected chi connectivity index (χ4v) is 2.42. The largest absolute Gasteiger partial charge is 0.393 e. The van der Waals surface area contributed by atoms with Gasteiger partial charge in [-0.25, -0.2) is 0 Å². The zero-order valence-electron chi connectivity index (χ0n) is 9.09. The van der Waals surface area contributed by atoms with Crippen LogP contribution in [-0.4, -0.2) is 11.2 Å². The van der Waals surface area contributed by atoms with Gasteiger partial charge in [-0.05, 0) is 38.0 Å². The Morgan fingerprint density at radius 2 is 2.31 bits per heavy atom. The molecule has 1 rings (SSSR count). The van der Waals surface area contributed by atoms with Crippen LogP contribution in [0.3, 0.4) is 0 Å². The Labute approximate surface area is 81.9 Å². The minimum Gasteiger partial charge on any atom is -0.393 e. The van der Waals surface area contributed by atoms with Gasteiger partial charge in [-0.15, -0.1) is 0 Å². The van der Waals surface area contributed by atoms with Crippen molar-refractivity contribution in [3.05, 3.63) is 11.6 Å². The highest BCUT2D eigenvalue weighted by Gasteiger charge is 2.23. The van der Waals surface area contributed by atoms with Gasteiger partial charge in [-0.3, -0.25) is 0 Å². The van der Waals surface area contributed by atoms with E-state index in [9.17, 15) is 5.11 Å². The van der Waals surface area contributed by atoms with Gasteiger partial charge in [-0.1, -0.05) is 31.9 Å². The quantitative estimate of drug-likeness (QED) is 0.665. The SMILES string of the molecule is CCCC(O)C1CC(C)=CC(C)C1. The van der Waals surface area contributed by atoms with E-state index in [1.54, 1.807) is 0 Å². The maximum atomic E-state index is 9.88. The van der Waals surface area contributed by atoms with Crippen LogP contribution in [0.5, 0.6) is 0 Å². The molecule has 0 aromatic carbocycles. The van der Waals surface area contributed by atoms with E-state index in [2.05, 4.69) is 26.8 Å². The van der Waals surface area contributed by atoms with Gasteiger partial charge in [0.1, 0.15) is 0 Å². The predicted octanol–water partition coefficient (Wildman–Crippen LogP) is 3.14. The molecule has 0 bridgehead atoms. The molecule has 0 amide bonds. The molecule has 0 aromatic rings. The van der Waals surface area contributed by atoms with Gasteiger partial charge in [0, 0.05) is 0 Å². The lowest BCUT2D eigenvalue weighted by molar-refractivity contribution is 0.0844. The number of hydrogen-bond acceptors (Lipinski definition) is 1. The van der Waals surface area contributed by atoms with Crippen LogP contribution in [0.15, 0.2) is 11.6 Å². The van der Waals surface area contributed by atoms with Crippen molar-refractivity contribution >= 4 is 0 Å². The number of aliphatic hydroxyl groups is 1. The van der Waals surface area contributed by atoms with Crippen molar-refractivity contribution in [3.63, 3.8) is 0 Å². The second-order valence-corrected chi connectivity index (χ2v) is 4.55. The highest BCUT2D eigenvalue weighted by Crippen LogP contribution is 2.31. The molecule has 0 saturated carbocycles. The summed E-state index contributed by atoms with van der Waals surface area (Å²) in [5.41, 5.74) is 1.46. The Bertz CT molecular complexity index is 184. The summed E-state index contributed by atoms with van der Waals surface area (Å²) in [6.45, 7) is 6.56.